The van der Waals surface area contributed by atoms with E-state index in [1.165, 1.54) is 5.75 Å². The highest BCUT2D eigenvalue weighted by molar-refractivity contribution is 7.98. The molecule has 0 bridgehead atoms. The Labute approximate surface area is 101 Å². The molecule has 0 aliphatic heterocycles. The minimum Gasteiger partial charge on any atom is -0.383 e. The van der Waals surface area contributed by atoms with Gasteiger partial charge in [0, 0.05) is 20.2 Å². The van der Waals surface area contributed by atoms with Crippen LogP contribution >= 0.6 is 11.8 Å². The van der Waals surface area contributed by atoms with Crippen molar-refractivity contribution < 1.29 is 4.74 Å². The summed E-state index contributed by atoms with van der Waals surface area (Å²) in [7, 11) is 1.69. The normalized spacial score (nSPS) is 10.9. The predicted molar refractivity (Wildman–Crippen MR) is 66.6 cm³/mol. The van der Waals surface area contributed by atoms with E-state index in [2.05, 4.69) is 21.7 Å². The molecule has 0 radical (unpaired) electrons. The van der Waals surface area contributed by atoms with Crippen molar-refractivity contribution in [2.75, 3.05) is 32.3 Å². The minimum atomic E-state index is 0.707. The number of hydrogen-bond donors (Lipinski definition) is 1. The van der Waals surface area contributed by atoms with E-state index in [1.54, 1.807) is 13.4 Å². The highest BCUT2D eigenvalue weighted by Crippen LogP contribution is 1.98. The summed E-state index contributed by atoms with van der Waals surface area (Å²) in [4.78, 5) is 4.23. The first-order valence-corrected chi connectivity index (χ1v) is 6.83. The Morgan fingerprint density at radius 1 is 1.56 bits per heavy atom. The van der Waals surface area contributed by atoms with E-state index in [1.807, 2.05) is 16.4 Å². The van der Waals surface area contributed by atoms with Crippen molar-refractivity contribution in [2.24, 2.45) is 0 Å². The smallest absolute Gasteiger partial charge is 0.164 e. The molecular weight excluding hydrogens is 224 g/mol. The van der Waals surface area contributed by atoms with Crippen LogP contribution in [0.5, 0.6) is 0 Å². The van der Waals surface area contributed by atoms with Crippen molar-refractivity contribution in [2.45, 2.75) is 19.5 Å². The molecule has 1 aromatic rings. The summed E-state index contributed by atoms with van der Waals surface area (Å²) in [5.41, 5.74) is 0. The molecule has 0 aliphatic rings. The monoisotopic (exact) mass is 244 g/mol. The van der Waals surface area contributed by atoms with Crippen molar-refractivity contribution in [3.05, 3.63) is 12.2 Å². The molecule has 16 heavy (non-hydrogen) atoms. The quantitative estimate of drug-likeness (QED) is 0.650. The van der Waals surface area contributed by atoms with Gasteiger partial charge < -0.3 is 10.1 Å². The zero-order valence-electron chi connectivity index (χ0n) is 9.98. The molecule has 0 saturated carbocycles. The largest absolute Gasteiger partial charge is 0.383 e. The second kappa shape index (κ2) is 8.55. The Bertz CT molecular complexity index is 280. The first kappa shape index (κ1) is 13.5. The van der Waals surface area contributed by atoms with E-state index >= 15 is 0 Å². The second-order valence-corrected chi connectivity index (χ2v) is 4.43. The van der Waals surface area contributed by atoms with E-state index < -0.39 is 0 Å². The van der Waals surface area contributed by atoms with Gasteiger partial charge in [-0.05, 0) is 18.4 Å². The van der Waals surface area contributed by atoms with Crippen molar-refractivity contribution in [3.8, 4) is 0 Å². The first-order valence-electron chi connectivity index (χ1n) is 5.43. The number of aryl methyl sites for hydroxylation is 1. The summed E-state index contributed by atoms with van der Waals surface area (Å²) in [5.74, 6) is 2.02. The lowest BCUT2D eigenvalue weighted by Crippen LogP contribution is -2.19. The number of thioether (sulfide) groups is 1. The average Bonchev–Trinajstić information content (AvgIpc) is 2.73. The number of methoxy groups -OCH3 is 1. The fourth-order valence-electron chi connectivity index (χ4n) is 1.27. The van der Waals surface area contributed by atoms with Crippen LogP contribution in [-0.4, -0.2) is 47.0 Å². The van der Waals surface area contributed by atoms with Crippen LogP contribution in [0, 0.1) is 0 Å². The number of rotatable bonds is 9. The molecule has 0 atom stereocenters. The van der Waals surface area contributed by atoms with Crippen LogP contribution in [0.2, 0.25) is 0 Å². The maximum Gasteiger partial charge on any atom is 0.164 e. The van der Waals surface area contributed by atoms with Gasteiger partial charge in [-0.15, -0.1) is 0 Å². The summed E-state index contributed by atoms with van der Waals surface area (Å²) in [6, 6.07) is 0. The number of ether oxygens (including phenoxy) is 1. The van der Waals surface area contributed by atoms with Crippen LogP contribution in [-0.2, 0) is 17.8 Å². The van der Waals surface area contributed by atoms with Gasteiger partial charge in [-0.25, -0.2) is 4.98 Å². The Kier molecular flexibility index (Phi) is 7.20. The maximum absolute atomic E-state index is 4.94. The van der Waals surface area contributed by atoms with Crippen LogP contribution in [0.4, 0.5) is 0 Å². The Morgan fingerprint density at radius 3 is 3.19 bits per heavy atom. The van der Waals surface area contributed by atoms with E-state index in [0.717, 1.165) is 25.3 Å². The molecule has 0 amide bonds. The van der Waals surface area contributed by atoms with Gasteiger partial charge in [-0.3, -0.25) is 4.68 Å². The van der Waals surface area contributed by atoms with E-state index in [9.17, 15) is 0 Å². The lowest BCUT2D eigenvalue weighted by molar-refractivity contribution is 0.199. The van der Waals surface area contributed by atoms with Crippen molar-refractivity contribution in [3.63, 3.8) is 0 Å². The lowest BCUT2D eigenvalue weighted by atomic mass is 10.5. The van der Waals surface area contributed by atoms with Gasteiger partial charge in [0.2, 0.25) is 0 Å². The third-order valence-corrected chi connectivity index (χ3v) is 2.78. The molecule has 0 saturated heterocycles. The summed E-state index contributed by atoms with van der Waals surface area (Å²) in [6.45, 7) is 3.21. The summed E-state index contributed by atoms with van der Waals surface area (Å²) in [5, 5.41) is 7.59. The van der Waals surface area contributed by atoms with Gasteiger partial charge in [-0.2, -0.15) is 16.9 Å². The molecule has 1 aromatic heterocycles. The number of nitrogens with zero attached hydrogens (tertiary/aromatic N) is 3. The third-order valence-electron chi connectivity index (χ3n) is 2.09. The molecule has 5 nitrogen and oxygen atoms in total. The van der Waals surface area contributed by atoms with E-state index in [4.69, 9.17) is 4.74 Å². The van der Waals surface area contributed by atoms with Crippen LogP contribution in [0.15, 0.2) is 6.33 Å². The molecule has 0 aliphatic carbocycles. The zero-order valence-corrected chi connectivity index (χ0v) is 10.8. The van der Waals surface area contributed by atoms with Gasteiger partial charge >= 0.3 is 0 Å². The maximum atomic E-state index is 4.94. The van der Waals surface area contributed by atoms with Gasteiger partial charge in [0.1, 0.15) is 6.33 Å². The summed E-state index contributed by atoms with van der Waals surface area (Å²) in [6.07, 6.45) is 5.06. The minimum absolute atomic E-state index is 0.707. The zero-order chi connectivity index (χ0) is 11.6. The molecule has 1 N–H and O–H groups in total. The molecule has 0 aromatic carbocycles. The average molecular weight is 244 g/mol. The van der Waals surface area contributed by atoms with Gasteiger partial charge in [0.15, 0.2) is 5.82 Å². The highest BCUT2D eigenvalue weighted by atomic mass is 32.2. The second-order valence-electron chi connectivity index (χ2n) is 3.44. The van der Waals surface area contributed by atoms with Crippen molar-refractivity contribution in [1.29, 1.82) is 0 Å². The summed E-state index contributed by atoms with van der Waals surface area (Å²) < 4.78 is 6.85. The molecule has 0 spiro atoms. The van der Waals surface area contributed by atoms with E-state index in [-0.39, 0.29) is 0 Å². The number of aromatic nitrogens is 3. The van der Waals surface area contributed by atoms with Crippen LogP contribution in [0.1, 0.15) is 12.2 Å². The Balaban J connectivity index is 2.17. The number of hydrogen-bond acceptors (Lipinski definition) is 5. The summed E-state index contributed by atoms with van der Waals surface area (Å²) >= 11 is 1.86. The highest BCUT2D eigenvalue weighted by Gasteiger charge is 1.99. The molecule has 0 fully saturated rings. The molecule has 92 valence electrons. The third kappa shape index (κ3) is 5.48. The lowest BCUT2D eigenvalue weighted by Gasteiger charge is -2.00. The van der Waals surface area contributed by atoms with E-state index in [0.29, 0.717) is 13.2 Å². The fourth-order valence-corrected chi connectivity index (χ4v) is 1.69. The van der Waals surface area contributed by atoms with Gasteiger partial charge in [0.25, 0.3) is 0 Å². The topological polar surface area (TPSA) is 52.0 Å². The fraction of sp³-hybridized carbons (Fsp3) is 0.800. The van der Waals surface area contributed by atoms with Crippen LogP contribution in [0.3, 0.4) is 0 Å². The Hall–Kier alpha value is -0.590. The molecule has 0 unspecified atom stereocenters. The van der Waals surface area contributed by atoms with Crippen LogP contribution < -0.4 is 5.32 Å². The van der Waals surface area contributed by atoms with Gasteiger partial charge in [-0.1, -0.05) is 0 Å². The molecule has 1 heterocycles. The first-order chi connectivity index (χ1) is 7.86. The van der Waals surface area contributed by atoms with Crippen molar-refractivity contribution in [1.82, 2.24) is 20.1 Å². The van der Waals surface area contributed by atoms with Gasteiger partial charge in [0.05, 0.1) is 13.2 Å². The molecule has 6 heteroatoms. The SMILES string of the molecule is COCCNCc1ncn(CCCSC)n1. The Morgan fingerprint density at radius 2 is 2.44 bits per heavy atom. The predicted octanol–water partition coefficient (Wildman–Crippen LogP) is 0.767. The molecular formula is C10H20N4OS. The number of nitrogens with one attached hydrogen (secondary N) is 1. The van der Waals surface area contributed by atoms with Crippen LogP contribution in [0.25, 0.3) is 0 Å². The van der Waals surface area contributed by atoms with Crippen molar-refractivity contribution >= 4 is 11.8 Å². The molecule has 1 rings (SSSR count). The standard InChI is InChI=1S/C10H20N4OS/c1-15-6-4-11-8-10-12-9-14(13-10)5-3-7-16-2/h9,11H,3-8H2,1-2H3.